The van der Waals surface area contributed by atoms with Crippen molar-refractivity contribution in [3.05, 3.63) is 12.2 Å². The first kappa shape index (κ1) is 30.8. The number of allylic oxidation sites excluding steroid dienone is 2. The Labute approximate surface area is 192 Å². The number of phosphoric ester groups is 1. The van der Waals surface area contributed by atoms with E-state index in [2.05, 4.69) is 28.1 Å². The van der Waals surface area contributed by atoms with E-state index in [1.807, 2.05) is 0 Å². The summed E-state index contributed by atoms with van der Waals surface area (Å²) in [5.41, 5.74) is 5.17. The first-order valence-corrected chi connectivity index (χ1v) is 13.2. The lowest BCUT2D eigenvalue weighted by atomic mass is 10.1. The summed E-state index contributed by atoms with van der Waals surface area (Å²) >= 11 is 0. The zero-order valence-electron chi connectivity index (χ0n) is 19.4. The molecule has 0 aromatic heterocycles. The van der Waals surface area contributed by atoms with Gasteiger partial charge in [-0.05, 0) is 32.1 Å². The quantitative estimate of drug-likeness (QED) is 0.0868. The number of carbonyl (C=O) groups excluding carboxylic acids is 1. The predicted octanol–water partition coefficient (Wildman–Crippen LogP) is 4.72. The fourth-order valence-electron chi connectivity index (χ4n) is 2.77. The predicted molar refractivity (Wildman–Crippen MR) is 123 cm³/mol. The lowest BCUT2D eigenvalue weighted by Gasteiger charge is -2.13. The van der Waals surface area contributed by atoms with Gasteiger partial charge in [-0.25, -0.2) is 4.57 Å². The van der Waals surface area contributed by atoms with Crippen LogP contribution in [0.3, 0.4) is 0 Å². The summed E-state index contributed by atoms with van der Waals surface area (Å²) < 4.78 is 25.7. The van der Waals surface area contributed by atoms with Crippen LogP contribution in [-0.4, -0.2) is 47.8 Å². The number of ether oxygens (including phenoxy) is 1. The highest BCUT2D eigenvalue weighted by molar-refractivity contribution is 7.47. The Kier molecular flexibility index (Phi) is 19.6. The molecule has 4 N–H and O–H groups in total. The maximum atomic E-state index is 11.7. The van der Waals surface area contributed by atoms with Crippen LogP contribution >= 0.6 is 7.82 Å². The van der Waals surface area contributed by atoms with Crippen LogP contribution in [0.25, 0.3) is 0 Å². The standard InChI is InChI=1S/C22H42NO8P/c1-2-3-4-5-6-7-8-9-10-11-12-13-14-16-21(24)29-17-15-18-30-32(27,28)31-19-20(23)22(25)26/h7-8,20H,2-6,9-19,23H2,1H3,(H,25,26)(H,27,28)/b8-7-/t20-/m0/s1. The second-order valence-corrected chi connectivity index (χ2v) is 9.20. The summed E-state index contributed by atoms with van der Waals surface area (Å²) in [6, 6.07) is -1.41. The third-order valence-electron chi connectivity index (χ3n) is 4.68. The summed E-state index contributed by atoms with van der Waals surface area (Å²) in [7, 11) is -4.38. The summed E-state index contributed by atoms with van der Waals surface area (Å²) in [5, 5.41) is 8.58. The molecule has 0 aliphatic rings. The zero-order valence-corrected chi connectivity index (χ0v) is 20.3. The van der Waals surface area contributed by atoms with Gasteiger partial charge in [0.15, 0.2) is 0 Å². The molecule has 0 radical (unpaired) electrons. The number of carbonyl (C=O) groups is 2. The first-order chi connectivity index (χ1) is 15.3. The monoisotopic (exact) mass is 479 g/mol. The van der Waals surface area contributed by atoms with E-state index < -0.39 is 26.4 Å². The van der Waals surface area contributed by atoms with Crippen molar-refractivity contribution < 1.29 is 37.9 Å². The number of aliphatic carboxylic acids is 1. The van der Waals surface area contributed by atoms with Gasteiger partial charge >= 0.3 is 19.8 Å². The van der Waals surface area contributed by atoms with Crippen LogP contribution in [-0.2, 0) is 27.9 Å². The number of carboxylic acids is 1. The van der Waals surface area contributed by atoms with Crippen LogP contribution in [0.1, 0.15) is 90.4 Å². The van der Waals surface area contributed by atoms with Gasteiger partial charge in [-0.15, -0.1) is 0 Å². The number of carboxylic acid groups (broad SMARTS) is 1. The average Bonchev–Trinajstić information content (AvgIpc) is 2.75. The molecule has 0 saturated heterocycles. The number of esters is 1. The number of phosphoric acid groups is 1. The van der Waals surface area contributed by atoms with E-state index >= 15 is 0 Å². The maximum Gasteiger partial charge on any atom is 0.472 e. The highest BCUT2D eigenvalue weighted by atomic mass is 31.2. The molecule has 9 nitrogen and oxygen atoms in total. The maximum absolute atomic E-state index is 11.7. The van der Waals surface area contributed by atoms with Crippen molar-refractivity contribution in [3.63, 3.8) is 0 Å². The molecule has 0 spiro atoms. The topological polar surface area (TPSA) is 145 Å². The molecular formula is C22H42NO8P. The van der Waals surface area contributed by atoms with Gasteiger partial charge in [-0.3, -0.25) is 18.6 Å². The molecule has 32 heavy (non-hydrogen) atoms. The molecule has 2 atom stereocenters. The van der Waals surface area contributed by atoms with Gasteiger partial charge in [-0.2, -0.15) is 0 Å². The molecule has 0 fully saturated rings. The Balaban J connectivity index is 3.51. The van der Waals surface area contributed by atoms with Gasteiger partial charge < -0.3 is 20.5 Å². The number of hydrogen-bond donors (Lipinski definition) is 3. The normalized spacial score (nSPS) is 14.3. The summed E-state index contributed by atoms with van der Waals surface area (Å²) in [5.74, 6) is -1.65. The fourth-order valence-corrected chi connectivity index (χ4v) is 3.55. The van der Waals surface area contributed by atoms with E-state index in [1.165, 1.54) is 38.5 Å². The summed E-state index contributed by atoms with van der Waals surface area (Å²) in [4.78, 5) is 31.6. The van der Waals surface area contributed by atoms with Crippen molar-refractivity contribution in [2.75, 3.05) is 19.8 Å². The summed E-state index contributed by atoms with van der Waals surface area (Å²) in [6.07, 6.45) is 17.9. The van der Waals surface area contributed by atoms with Crippen molar-refractivity contribution in [1.82, 2.24) is 0 Å². The minimum atomic E-state index is -4.38. The fraction of sp³-hybridized carbons (Fsp3) is 0.818. The van der Waals surface area contributed by atoms with Gasteiger partial charge in [0.25, 0.3) is 0 Å². The summed E-state index contributed by atoms with van der Waals surface area (Å²) in [6.45, 7) is 1.47. The van der Waals surface area contributed by atoms with Gasteiger partial charge in [0.2, 0.25) is 0 Å². The highest BCUT2D eigenvalue weighted by Gasteiger charge is 2.24. The molecule has 0 heterocycles. The number of rotatable bonds is 22. The minimum absolute atomic E-state index is 0.0677. The van der Waals surface area contributed by atoms with Crippen LogP contribution in [0.5, 0.6) is 0 Å². The Hall–Kier alpha value is -1.25. The lowest BCUT2D eigenvalue weighted by molar-refractivity contribution is -0.144. The SMILES string of the molecule is CCCCCC/C=C\CCCCCCCC(=O)OCCCOP(=O)(O)OC[C@H](N)C(=O)O. The molecule has 1 unspecified atom stereocenters. The molecule has 0 aliphatic carbocycles. The molecule has 0 aromatic rings. The third kappa shape index (κ3) is 20.6. The van der Waals surface area contributed by atoms with Crippen LogP contribution in [0, 0.1) is 0 Å². The van der Waals surface area contributed by atoms with Crippen LogP contribution in [0.15, 0.2) is 12.2 Å². The van der Waals surface area contributed by atoms with Gasteiger partial charge in [0.05, 0.1) is 19.8 Å². The Morgan fingerprint density at radius 2 is 1.50 bits per heavy atom. The highest BCUT2D eigenvalue weighted by Crippen LogP contribution is 2.43. The van der Waals surface area contributed by atoms with E-state index in [0.29, 0.717) is 6.42 Å². The minimum Gasteiger partial charge on any atom is -0.480 e. The van der Waals surface area contributed by atoms with E-state index in [9.17, 15) is 19.0 Å². The Morgan fingerprint density at radius 1 is 0.906 bits per heavy atom. The smallest absolute Gasteiger partial charge is 0.472 e. The van der Waals surface area contributed by atoms with Crippen molar-refractivity contribution >= 4 is 19.8 Å². The van der Waals surface area contributed by atoms with Gasteiger partial charge in [0, 0.05) is 12.8 Å². The second kappa shape index (κ2) is 20.4. The molecule has 0 aliphatic heterocycles. The molecule has 0 saturated carbocycles. The Bertz CT molecular complexity index is 570. The molecule has 0 aromatic carbocycles. The average molecular weight is 480 g/mol. The molecule has 0 rings (SSSR count). The number of nitrogens with two attached hydrogens (primary N) is 1. The molecule has 0 bridgehead atoms. The van der Waals surface area contributed by atoms with E-state index in [-0.39, 0.29) is 25.6 Å². The molecular weight excluding hydrogens is 437 g/mol. The first-order valence-electron chi connectivity index (χ1n) is 11.7. The number of hydrogen-bond acceptors (Lipinski definition) is 7. The largest absolute Gasteiger partial charge is 0.480 e. The third-order valence-corrected chi connectivity index (χ3v) is 5.67. The van der Waals surface area contributed by atoms with Crippen LogP contribution in [0.2, 0.25) is 0 Å². The molecule has 10 heteroatoms. The second-order valence-electron chi connectivity index (χ2n) is 7.74. The van der Waals surface area contributed by atoms with E-state index in [1.54, 1.807) is 0 Å². The number of unbranched alkanes of at least 4 members (excludes halogenated alkanes) is 9. The van der Waals surface area contributed by atoms with Crippen LogP contribution in [0.4, 0.5) is 0 Å². The van der Waals surface area contributed by atoms with Crippen molar-refractivity contribution in [3.8, 4) is 0 Å². The zero-order chi connectivity index (χ0) is 24.1. The van der Waals surface area contributed by atoms with Gasteiger partial charge in [-0.1, -0.05) is 57.6 Å². The van der Waals surface area contributed by atoms with Crippen molar-refractivity contribution in [1.29, 1.82) is 0 Å². The van der Waals surface area contributed by atoms with E-state index in [0.717, 1.165) is 32.1 Å². The van der Waals surface area contributed by atoms with Crippen LogP contribution < -0.4 is 5.73 Å². The molecule has 188 valence electrons. The van der Waals surface area contributed by atoms with Crippen molar-refractivity contribution in [2.24, 2.45) is 5.73 Å². The van der Waals surface area contributed by atoms with Crippen molar-refractivity contribution in [2.45, 2.75) is 96.4 Å². The Morgan fingerprint density at radius 3 is 2.12 bits per heavy atom. The lowest BCUT2D eigenvalue weighted by Crippen LogP contribution is -2.34. The van der Waals surface area contributed by atoms with Gasteiger partial charge in [0.1, 0.15) is 6.04 Å². The van der Waals surface area contributed by atoms with E-state index in [4.69, 9.17) is 15.6 Å². The molecule has 0 amide bonds.